The van der Waals surface area contributed by atoms with Gasteiger partial charge < -0.3 is 4.90 Å². The number of aryl methyl sites for hydroxylation is 1. The monoisotopic (exact) mass is 291 g/mol. The Bertz CT molecular complexity index is 707. The molecule has 2 heteroatoms. The fourth-order valence-electron chi connectivity index (χ4n) is 4.02. The fourth-order valence-corrected chi connectivity index (χ4v) is 4.02. The van der Waals surface area contributed by atoms with Gasteiger partial charge in [-0.05, 0) is 42.4 Å². The number of piperidine rings is 1. The van der Waals surface area contributed by atoms with Gasteiger partial charge in [0.2, 0.25) is 5.91 Å². The van der Waals surface area contributed by atoms with E-state index >= 15 is 0 Å². The number of carbonyl (C=O) groups is 1. The second-order valence-electron chi connectivity index (χ2n) is 6.77. The minimum atomic E-state index is 0.0751. The van der Waals surface area contributed by atoms with Gasteiger partial charge in [0.1, 0.15) is 0 Å². The molecule has 1 aliphatic carbocycles. The maximum atomic E-state index is 12.9. The Hall–Kier alpha value is -2.09. The van der Waals surface area contributed by atoms with Crippen molar-refractivity contribution in [2.75, 3.05) is 6.54 Å². The Labute approximate surface area is 131 Å². The number of hydrogen-bond donors (Lipinski definition) is 0. The molecule has 2 nitrogen and oxygen atoms in total. The summed E-state index contributed by atoms with van der Waals surface area (Å²) in [7, 11) is 0. The van der Waals surface area contributed by atoms with Gasteiger partial charge in [-0.3, -0.25) is 4.79 Å². The minimum Gasteiger partial charge on any atom is -0.338 e. The standard InChI is InChI=1S/C20H21NO/c1-14-7-8-17-10-16-11-19(18(17)9-14)20(22)21(13-16)12-15-5-3-2-4-6-15/h2-9,16,19H,10-13H2,1H3. The highest BCUT2D eigenvalue weighted by molar-refractivity contribution is 5.85. The first kappa shape index (κ1) is 13.6. The van der Waals surface area contributed by atoms with Gasteiger partial charge in [-0.15, -0.1) is 0 Å². The SMILES string of the molecule is Cc1ccc2c(c1)C1CC(C2)CN(Cc2ccccc2)C1=O. The van der Waals surface area contributed by atoms with Crippen LogP contribution in [0.3, 0.4) is 0 Å². The highest BCUT2D eigenvalue weighted by Crippen LogP contribution is 2.40. The molecule has 0 saturated carbocycles. The summed E-state index contributed by atoms with van der Waals surface area (Å²) >= 11 is 0. The van der Waals surface area contributed by atoms with Crippen LogP contribution in [0.25, 0.3) is 0 Å². The van der Waals surface area contributed by atoms with Crippen molar-refractivity contribution in [2.24, 2.45) is 5.92 Å². The second kappa shape index (κ2) is 5.28. The average molecular weight is 291 g/mol. The van der Waals surface area contributed by atoms with Crippen LogP contribution < -0.4 is 0 Å². The smallest absolute Gasteiger partial charge is 0.230 e. The lowest BCUT2D eigenvalue weighted by Crippen LogP contribution is -2.46. The van der Waals surface area contributed by atoms with Crippen molar-refractivity contribution in [1.29, 1.82) is 0 Å². The second-order valence-corrected chi connectivity index (χ2v) is 6.77. The zero-order valence-corrected chi connectivity index (χ0v) is 13.0. The average Bonchev–Trinajstić information content (AvgIpc) is 2.53. The summed E-state index contributed by atoms with van der Waals surface area (Å²) in [6.07, 6.45) is 2.14. The molecule has 22 heavy (non-hydrogen) atoms. The van der Waals surface area contributed by atoms with Crippen LogP contribution in [0.4, 0.5) is 0 Å². The third-order valence-corrected chi connectivity index (χ3v) is 5.06. The number of carbonyl (C=O) groups excluding carboxylic acids is 1. The quantitative estimate of drug-likeness (QED) is 0.826. The Morgan fingerprint density at radius 1 is 1.14 bits per heavy atom. The van der Waals surface area contributed by atoms with Gasteiger partial charge in [0.25, 0.3) is 0 Å². The largest absolute Gasteiger partial charge is 0.338 e. The van der Waals surface area contributed by atoms with Crippen molar-refractivity contribution in [1.82, 2.24) is 4.90 Å². The summed E-state index contributed by atoms with van der Waals surface area (Å²) in [5, 5.41) is 0. The lowest BCUT2D eigenvalue weighted by Gasteiger charge is -2.42. The zero-order valence-electron chi connectivity index (χ0n) is 13.0. The lowest BCUT2D eigenvalue weighted by molar-refractivity contribution is -0.138. The molecule has 4 rings (SSSR count). The summed E-state index contributed by atoms with van der Waals surface area (Å²) in [6.45, 7) is 3.76. The van der Waals surface area contributed by atoms with E-state index in [9.17, 15) is 4.79 Å². The topological polar surface area (TPSA) is 20.3 Å². The fraction of sp³-hybridized carbons (Fsp3) is 0.350. The number of rotatable bonds is 2. The number of fused-ring (bicyclic) bond motifs is 4. The maximum absolute atomic E-state index is 12.9. The third-order valence-electron chi connectivity index (χ3n) is 5.06. The Balaban J connectivity index is 1.64. The predicted octanol–water partition coefficient (Wildman–Crippen LogP) is 3.68. The van der Waals surface area contributed by atoms with E-state index in [0.29, 0.717) is 11.8 Å². The Morgan fingerprint density at radius 3 is 2.77 bits per heavy atom. The summed E-state index contributed by atoms with van der Waals surface area (Å²) in [5.41, 5.74) is 5.14. The van der Waals surface area contributed by atoms with Crippen LogP contribution in [-0.4, -0.2) is 17.4 Å². The number of benzene rings is 2. The Morgan fingerprint density at radius 2 is 1.95 bits per heavy atom. The maximum Gasteiger partial charge on any atom is 0.230 e. The normalized spacial score (nSPS) is 23.3. The van der Waals surface area contributed by atoms with E-state index < -0.39 is 0 Å². The first-order valence-corrected chi connectivity index (χ1v) is 8.13. The molecule has 2 aliphatic rings. The van der Waals surface area contributed by atoms with E-state index in [1.807, 2.05) is 18.2 Å². The predicted molar refractivity (Wildman–Crippen MR) is 87.6 cm³/mol. The lowest BCUT2D eigenvalue weighted by atomic mass is 9.73. The molecule has 0 aromatic heterocycles. The summed E-state index contributed by atoms with van der Waals surface area (Å²) < 4.78 is 0. The van der Waals surface area contributed by atoms with Gasteiger partial charge in [0.05, 0.1) is 5.92 Å². The van der Waals surface area contributed by atoms with Gasteiger partial charge in [-0.25, -0.2) is 0 Å². The summed E-state index contributed by atoms with van der Waals surface area (Å²) in [5.74, 6) is 0.999. The molecule has 2 atom stereocenters. The molecule has 1 fully saturated rings. The van der Waals surface area contributed by atoms with E-state index in [1.54, 1.807) is 0 Å². The molecule has 2 aromatic carbocycles. The van der Waals surface area contributed by atoms with Crippen LogP contribution in [0.5, 0.6) is 0 Å². The molecular weight excluding hydrogens is 270 g/mol. The van der Waals surface area contributed by atoms with Crippen LogP contribution >= 0.6 is 0 Å². The van der Waals surface area contributed by atoms with Crippen LogP contribution in [0, 0.1) is 12.8 Å². The third kappa shape index (κ3) is 2.33. The molecule has 0 radical (unpaired) electrons. The summed E-state index contributed by atoms with van der Waals surface area (Å²) in [6, 6.07) is 16.9. The van der Waals surface area contributed by atoms with Crippen LogP contribution in [0.2, 0.25) is 0 Å². The molecule has 0 spiro atoms. The molecule has 2 unspecified atom stereocenters. The molecule has 0 N–H and O–H groups in total. The van der Waals surface area contributed by atoms with E-state index in [1.165, 1.54) is 22.3 Å². The van der Waals surface area contributed by atoms with Gasteiger partial charge in [-0.2, -0.15) is 0 Å². The van der Waals surface area contributed by atoms with Crippen molar-refractivity contribution in [3.8, 4) is 0 Å². The van der Waals surface area contributed by atoms with Crippen molar-refractivity contribution < 1.29 is 4.79 Å². The van der Waals surface area contributed by atoms with Gasteiger partial charge >= 0.3 is 0 Å². The number of hydrogen-bond acceptors (Lipinski definition) is 1. The molecule has 1 amide bonds. The highest BCUT2D eigenvalue weighted by Gasteiger charge is 2.39. The van der Waals surface area contributed by atoms with Crippen LogP contribution in [0.15, 0.2) is 48.5 Å². The van der Waals surface area contributed by atoms with Crippen molar-refractivity contribution >= 4 is 5.91 Å². The molecule has 112 valence electrons. The van der Waals surface area contributed by atoms with E-state index in [2.05, 4.69) is 42.2 Å². The van der Waals surface area contributed by atoms with E-state index in [4.69, 9.17) is 0 Å². The first-order valence-electron chi connectivity index (χ1n) is 8.13. The Kier molecular flexibility index (Phi) is 3.25. The van der Waals surface area contributed by atoms with Crippen molar-refractivity contribution in [2.45, 2.75) is 32.2 Å². The highest BCUT2D eigenvalue weighted by atomic mass is 16.2. The first-order chi connectivity index (χ1) is 10.7. The minimum absolute atomic E-state index is 0.0751. The van der Waals surface area contributed by atoms with Gasteiger partial charge in [-0.1, -0.05) is 54.1 Å². The number of amides is 1. The molecule has 1 saturated heterocycles. The molecule has 2 bridgehead atoms. The number of likely N-dealkylation sites (tertiary alicyclic amines) is 1. The molecule has 2 aromatic rings. The number of nitrogens with zero attached hydrogens (tertiary/aromatic N) is 1. The molecule has 1 heterocycles. The van der Waals surface area contributed by atoms with E-state index in [-0.39, 0.29) is 5.92 Å². The molecule has 1 aliphatic heterocycles. The van der Waals surface area contributed by atoms with Gasteiger partial charge in [0.15, 0.2) is 0 Å². The van der Waals surface area contributed by atoms with Crippen molar-refractivity contribution in [3.05, 3.63) is 70.8 Å². The van der Waals surface area contributed by atoms with Crippen LogP contribution in [-0.2, 0) is 17.8 Å². The van der Waals surface area contributed by atoms with Crippen molar-refractivity contribution in [3.63, 3.8) is 0 Å². The zero-order chi connectivity index (χ0) is 15.1. The van der Waals surface area contributed by atoms with Crippen LogP contribution in [0.1, 0.15) is 34.6 Å². The van der Waals surface area contributed by atoms with E-state index in [0.717, 1.165) is 25.9 Å². The summed E-state index contributed by atoms with van der Waals surface area (Å²) in [4.78, 5) is 15.0. The molecular formula is C20H21NO. The van der Waals surface area contributed by atoms with Gasteiger partial charge in [0, 0.05) is 13.1 Å².